The van der Waals surface area contributed by atoms with Crippen LogP contribution in [0.25, 0.3) is 0 Å². The molecule has 164 valence electrons. The third kappa shape index (κ3) is 4.13. The fourth-order valence-corrected chi connectivity index (χ4v) is 4.39. The zero-order valence-corrected chi connectivity index (χ0v) is 17.4. The van der Waals surface area contributed by atoms with Gasteiger partial charge >= 0.3 is 0 Å². The number of methoxy groups -OCH3 is 1. The van der Waals surface area contributed by atoms with Gasteiger partial charge in [0.25, 0.3) is 0 Å². The van der Waals surface area contributed by atoms with Gasteiger partial charge < -0.3 is 29.4 Å². The summed E-state index contributed by atoms with van der Waals surface area (Å²) in [6.45, 7) is 2.16. The molecule has 8 nitrogen and oxygen atoms in total. The fraction of sp³-hybridized carbons (Fsp3) is 0.435. The van der Waals surface area contributed by atoms with Crippen LogP contribution in [0.15, 0.2) is 30.3 Å². The second kappa shape index (κ2) is 8.28. The molecule has 1 amide bonds. The summed E-state index contributed by atoms with van der Waals surface area (Å²) >= 11 is 0. The molecule has 0 spiro atoms. The van der Waals surface area contributed by atoms with Gasteiger partial charge in [-0.3, -0.25) is 9.69 Å². The first-order valence-electron chi connectivity index (χ1n) is 10.6. The Bertz CT molecular complexity index is 994. The van der Waals surface area contributed by atoms with Crippen LogP contribution >= 0.6 is 0 Å². The number of carbonyl (C=O) groups excluding carboxylic acids is 1. The highest BCUT2D eigenvalue weighted by Crippen LogP contribution is 2.42. The molecule has 1 saturated heterocycles. The smallest absolute Gasteiger partial charge is 0.231 e. The molecule has 3 aliphatic heterocycles. The first kappa shape index (κ1) is 20.0. The number of anilines is 1. The van der Waals surface area contributed by atoms with Crippen molar-refractivity contribution < 1.29 is 28.8 Å². The Balaban J connectivity index is 1.21. The number of β-amino-alcohol motifs (C(OH)–C–C–N with tert-alkyl or cyclic N) is 1. The summed E-state index contributed by atoms with van der Waals surface area (Å²) in [5.74, 6) is 2.67. The molecule has 0 bridgehead atoms. The molecule has 0 unspecified atom stereocenters. The van der Waals surface area contributed by atoms with E-state index in [1.54, 1.807) is 7.11 Å². The van der Waals surface area contributed by atoms with Crippen LogP contribution in [0.5, 0.6) is 23.0 Å². The number of fused-ring (bicyclic) bond motifs is 2. The predicted molar refractivity (Wildman–Crippen MR) is 113 cm³/mol. The Morgan fingerprint density at radius 1 is 1.23 bits per heavy atom. The molecule has 1 fully saturated rings. The number of piperidine rings is 1. The number of ether oxygens (including phenoxy) is 4. The van der Waals surface area contributed by atoms with Crippen molar-refractivity contribution in [3.63, 3.8) is 0 Å². The summed E-state index contributed by atoms with van der Waals surface area (Å²) < 4.78 is 22.5. The maximum atomic E-state index is 11.6. The molecule has 0 aromatic heterocycles. The minimum Gasteiger partial charge on any atom is -0.493 e. The third-order valence-electron chi connectivity index (χ3n) is 5.99. The Labute approximate surface area is 180 Å². The van der Waals surface area contributed by atoms with Crippen LogP contribution in [0, 0.1) is 0 Å². The van der Waals surface area contributed by atoms with Crippen LogP contribution in [0.1, 0.15) is 24.0 Å². The first-order valence-corrected chi connectivity index (χ1v) is 10.6. The van der Waals surface area contributed by atoms with Gasteiger partial charge in [-0.2, -0.15) is 0 Å². The second-order valence-electron chi connectivity index (χ2n) is 8.15. The van der Waals surface area contributed by atoms with Gasteiger partial charge in [-0.1, -0.05) is 6.07 Å². The van der Waals surface area contributed by atoms with Crippen molar-refractivity contribution in [2.45, 2.75) is 38.0 Å². The molecule has 5 rings (SSSR count). The summed E-state index contributed by atoms with van der Waals surface area (Å²) in [7, 11) is 1.61. The van der Waals surface area contributed by atoms with E-state index >= 15 is 0 Å². The average molecular weight is 426 g/mol. The highest BCUT2D eigenvalue weighted by Gasteiger charge is 2.30. The van der Waals surface area contributed by atoms with E-state index in [1.807, 2.05) is 30.3 Å². The van der Waals surface area contributed by atoms with E-state index in [2.05, 4.69) is 10.2 Å². The number of aryl methyl sites for hydroxylation is 1. The largest absolute Gasteiger partial charge is 0.493 e. The Morgan fingerprint density at radius 2 is 2.13 bits per heavy atom. The minimum absolute atomic E-state index is 0.0261. The van der Waals surface area contributed by atoms with E-state index in [4.69, 9.17) is 18.9 Å². The standard InChI is InChI=1S/C23H26N2O6/c1-28-20-8-14(9-21-23(20)30-13-29-21)11-25-7-6-19(18(26)12-25)31-16-4-2-15-3-5-22(27)24-17(15)10-16/h2,4,8-10,18-19,26H,3,5-7,11-13H2,1H3,(H,24,27)/t18-,19-/m1/s1. The Hall–Kier alpha value is -2.97. The molecule has 31 heavy (non-hydrogen) atoms. The lowest BCUT2D eigenvalue weighted by Gasteiger charge is -2.36. The predicted octanol–water partition coefficient (Wildman–Crippen LogP) is 2.32. The molecule has 0 aliphatic carbocycles. The van der Waals surface area contributed by atoms with Crippen molar-refractivity contribution in [1.29, 1.82) is 0 Å². The molecule has 0 radical (unpaired) electrons. The van der Waals surface area contributed by atoms with E-state index < -0.39 is 6.10 Å². The Kier molecular flexibility index (Phi) is 5.33. The lowest BCUT2D eigenvalue weighted by Crippen LogP contribution is -2.48. The quantitative estimate of drug-likeness (QED) is 0.759. The maximum Gasteiger partial charge on any atom is 0.231 e. The van der Waals surface area contributed by atoms with Gasteiger partial charge in [0.2, 0.25) is 18.4 Å². The van der Waals surface area contributed by atoms with E-state index in [0.29, 0.717) is 48.9 Å². The van der Waals surface area contributed by atoms with Crippen molar-refractivity contribution in [2.75, 3.05) is 32.3 Å². The first-order chi connectivity index (χ1) is 15.1. The van der Waals surface area contributed by atoms with E-state index in [-0.39, 0.29) is 18.8 Å². The van der Waals surface area contributed by atoms with Crippen LogP contribution in [-0.4, -0.2) is 55.1 Å². The Morgan fingerprint density at radius 3 is 2.97 bits per heavy atom. The zero-order chi connectivity index (χ0) is 21.4. The molecule has 2 N–H and O–H groups in total. The number of carbonyl (C=O) groups is 1. The van der Waals surface area contributed by atoms with Crippen molar-refractivity contribution in [1.82, 2.24) is 4.90 Å². The SMILES string of the molecule is COc1cc(CN2CC[C@@H](Oc3ccc4c(c3)NC(=O)CC4)[C@H](O)C2)cc2c1OCO2. The molecule has 8 heteroatoms. The summed E-state index contributed by atoms with van der Waals surface area (Å²) in [6.07, 6.45) is 1.05. The summed E-state index contributed by atoms with van der Waals surface area (Å²) in [4.78, 5) is 13.8. The molecule has 2 aromatic carbocycles. The van der Waals surface area contributed by atoms with Crippen LogP contribution in [-0.2, 0) is 17.8 Å². The van der Waals surface area contributed by atoms with E-state index in [9.17, 15) is 9.90 Å². The van der Waals surface area contributed by atoms with Crippen molar-refractivity contribution >= 4 is 11.6 Å². The van der Waals surface area contributed by atoms with Crippen LogP contribution in [0.2, 0.25) is 0 Å². The third-order valence-corrected chi connectivity index (χ3v) is 5.99. The summed E-state index contributed by atoms with van der Waals surface area (Å²) in [5, 5.41) is 13.6. The molecule has 2 atom stereocenters. The molecule has 3 heterocycles. The number of benzene rings is 2. The number of rotatable bonds is 5. The topological polar surface area (TPSA) is 89.5 Å². The van der Waals surface area contributed by atoms with Gasteiger partial charge in [-0.25, -0.2) is 0 Å². The zero-order valence-electron chi connectivity index (χ0n) is 17.4. The van der Waals surface area contributed by atoms with Gasteiger partial charge in [0.1, 0.15) is 18.0 Å². The minimum atomic E-state index is -0.615. The number of hydrogen-bond acceptors (Lipinski definition) is 7. The number of hydrogen-bond donors (Lipinski definition) is 2. The van der Waals surface area contributed by atoms with Gasteiger partial charge in [-0.05, 0) is 42.2 Å². The van der Waals surface area contributed by atoms with Gasteiger partial charge in [0, 0.05) is 37.8 Å². The molecule has 0 saturated carbocycles. The number of aliphatic hydroxyl groups is 1. The maximum absolute atomic E-state index is 11.6. The number of likely N-dealkylation sites (tertiary alicyclic amines) is 1. The highest BCUT2D eigenvalue weighted by molar-refractivity contribution is 5.94. The van der Waals surface area contributed by atoms with Gasteiger partial charge in [-0.15, -0.1) is 0 Å². The monoisotopic (exact) mass is 426 g/mol. The van der Waals surface area contributed by atoms with Crippen LogP contribution < -0.4 is 24.3 Å². The molecular weight excluding hydrogens is 400 g/mol. The fourth-order valence-electron chi connectivity index (χ4n) is 4.39. The summed E-state index contributed by atoms with van der Waals surface area (Å²) in [6, 6.07) is 9.66. The van der Waals surface area contributed by atoms with E-state index in [0.717, 1.165) is 29.8 Å². The lowest BCUT2D eigenvalue weighted by atomic mass is 10.0. The van der Waals surface area contributed by atoms with Gasteiger partial charge in [0.15, 0.2) is 11.5 Å². The number of nitrogens with one attached hydrogen (secondary N) is 1. The lowest BCUT2D eigenvalue weighted by molar-refractivity contribution is -0.116. The van der Waals surface area contributed by atoms with Crippen LogP contribution in [0.4, 0.5) is 5.69 Å². The molecule has 3 aliphatic rings. The molecular formula is C23H26N2O6. The van der Waals surface area contributed by atoms with Gasteiger partial charge in [0.05, 0.1) is 7.11 Å². The second-order valence-corrected chi connectivity index (χ2v) is 8.15. The normalized spacial score (nSPS) is 22.6. The number of amides is 1. The summed E-state index contributed by atoms with van der Waals surface area (Å²) in [5.41, 5.74) is 2.96. The molecule has 2 aromatic rings. The highest BCUT2D eigenvalue weighted by atomic mass is 16.7. The van der Waals surface area contributed by atoms with Crippen molar-refractivity contribution in [3.05, 3.63) is 41.5 Å². The van der Waals surface area contributed by atoms with Crippen molar-refractivity contribution in [2.24, 2.45) is 0 Å². The average Bonchev–Trinajstić information content (AvgIpc) is 3.23. The van der Waals surface area contributed by atoms with E-state index in [1.165, 1.54) is 0 Å². The number of aliphatic hydroxyl groups excluding tert-OH is 1. The number of nitrogens with zero attached hydrogens (tertiary/aromatic N) is 1. The van der Waals surface area contributed by atoms with Crippen LogP contribution in [0.3, 0.4) is 0 Å². The van der Waals surface area contributed by atoms with Crippen molar-refractivity contribution in [3.8, 4) is 23.0 Å².